The number of sulfonamides is 1. The van der Waals surface area contributed by atoms with Crippen LogP contribution in [-0.4, -0.2) is 36.4 Å². The monoisotopic (exact) mass is 389 g/mol. The van der Waals surface area contributed by atoms with Gasteiger partial charge in [0.05, 0.1) is 15.2 Å². The van der Waals surface area contributed by atoms with Crippen LogP contribution in [0.4, 0.5) is 0 Å². The summed E-state index contributed by atoms with van der Waals surface area (Å²) in [5, 5.41) is 9.01. The van der Waals surface area contributed by atoms with Crippen molar-refractivity contribution in [2.24, 2.45) is 0 Å². The van der Waals surface area contributed by atoms with Crippen molar-refractivity contribution in [3.8, 4) is 0 Å². The minimum atomic E-state index is -3.72. The zero-order chi connectivity index (χ0) is 14.8. The molecule has 1 N–H and O–H groups in total. The lowest BCUT2D eigenvalue weighted by molar-refractivity contribution is -0.137. The first kappa shape index (κ1) is 16.9. The van der Waals surface area contributed by atoms with E-state index in [1.54, 1.807) is 13.8 Å². The van der Waals surface area contributed by atoms with Crippen LogP contribution in [0.25, 0.3) is 0 Å². The van der Waals surface area contributed by atoms with Crippen molar-refractivity contribution in [3.63, 3.8) is 0 Å². The highest BCUT2D eigenvalue weighted by Crippen LogP contribution is 2.36. The maximum absolute atomic E-state index is 12.4. The number of nitrogens with zero attached hydrogens (tertiary/aromatic N) is 1. The minimum absolute atomic E-state index is 0.0670. The summed E-state index contributed by atoms with van der Waals surface area (Å²) >= 11 is 10.0. The summed E-state index contributed by atoms with van der Waals surface area (Å²) in [5.41, 5.74) is 0. The van der Waals surface area contributed by atoms with Crippen LogP contribution >= 0.6 is 38.9 Å². The second-order valence-corrected chi connectivity index (χ2v) is 8.94. The zero-order valence-electron chi connectivity index (χ0n) is 10.3. The molecule has 9 heteroatoms. The molecule has 0 radical (unpaired) electrons. The van der Waals surface area contributed by atoms with Gasteiger partial charge in [-0.3, -0.25) is 4.79 Å². The van der Waals surface area contributed by atoms with Crippen LogP contribution in [0.5, 0.6) is 0 Å². The van der Waals surface area contributed by atoms with Crippen molar-refractivity contribution < 1.29 is 18.3 Å². The van der Waals surface area contributed by atoms with Gasteiger partial charge in [-0.05, 0) is 35.8 Å². The molecule has 1 aromatic heterocycles. The fourth-order valence-corrected chi connectivity index (χ4v) is 5.60. The van der Waals surface area contributed by atoms with Gasteiger partial charge in [0.2, 0.25) is 0 Å². The molecule has 0 amide bonds. The van der Waals surface area contributed by atoms with E-state index in [0.717, 1.165) is 15.6 Å². The van der Waals surface area contributed by atoms with Gasteiger partial charge in [0.1, 0.15) is 4.21 Å². The molecule has 0 unspecified atom stereocenters. The third-order valence-electron chi connectivity index (χ3n) is 2.31. The van der Waals surface area contributed by atoms with E-state index >= 15 is 0 Å². The third kappa shape index (κ3) is 4.16. The molecule has 0 fully saturated rings. The Morgan fingerprint density at radius 1 is 1.58 bits per heavy atom. The van der Waals surface area contributed by atoms with Crippen molar-refractivity contribution in [3.05, 3.63) is 14.9 Å². The smallest absolute Gasteiger partial charge is 0.304 e. The largest absolute Gasteiger partial charge is 0.481 e. The average Bonchev–Trinajstić information content (AvgIpc) is 2.58. The van der Waals surface area contributed by atoms with Crippen molar-refractivity contribution in [2.45, 2.75) is 30.5 Å². The van der Waals surface area contributed by atoms with E-state index < -0.39 is 16.0 Å². The molecule has 1 rings (SSSR count). The van der Waals surface area contributed by atoms with Gasteiger partial charge in [0, 0.05) is 12.6 Å². The van der Waals surface area contributed by atoms with Gasteiger partial charge in [0.25, 0.3) is 10.0 Å². The van der Waals surface area contributed by atoms with Gasteiger partial charge >= 0.3 is 5.97 Å². The highest BCUT2D eigenvalue weighted by molar-refractivity contribution is 9.11. The number of carbonyl (C=O) groups is 1. The number of rotatable bonds is 6. The quantitative estimate of drug-likeness (QED) is 0.810. The van der Waals surface area contributed by atoms with Gasteiger partial charge in [-0.15, -0.1) is 11.3 Å². The van der Waals surface area contributed by atoms with Gasteiger partial charge in [-0.2, -0.15) is 4.31 Å². The Bertz CT molecular complexity index is 551. The van der Waals surface area contributed by atoms with E-state index in [-0.39, 0.29) is 23.2 Å². The number of aliphatic carboxylic acids is 1. The second kappa shape index (κ2) is 6.53. The lowest BCUT2D eigenvalue weighted by Crippen LogP contribution is -2.38. The highest BCUT2D eigenvalue weighted by atomic mass is 79.9. The predicted octanol–water partition coefficient (Wildman–Crippen LogP) is 3.04. The van der Waals surface area contributed by atoms with E-state index in [1.165, 1.54) is 6.07 Å². The summed E-state index contributed by atoms with van der Waals surface area (Å²) < 4.78 is 26.6. The van der Waals surface area contributed by atoms with Gasteiger partial charge in [0.15, 0.2) is 0 Å². The first-order chi connectivity index (χ1) is 8.66. The standard InChI is InChI=1S/C10H13BrClNO4S2/c1-6(2)13(4-3-8(14)15)19(16,17)9-5-7(12)10(11)18-9/h5-6H,3-4H2,1-2H3,(H,14,15). The van der Waals surface area contributed by atoms with Crippen molar-refractivity contribution in [1.82, 2.24) is 4.31 Å². The highest BCUT2D eigenvalue weighted by Gasteiger charge is 2.29. The lowest BCUT2D eigenvalue weighted by atomic mass is 10.3. The molecule has 0 saturated heterocycles. The number of halogens is 2. The van der Waals surface area contributed by atoms with Crippen LogP contribution in [0, 0.1) is 0 Å². The molecule has 0 aliphatic heterocycles. The molecular weight excluding hydrogens is 378 g/mol. The molecule has 0 atom stereocenters. The number of hydrogen-bond donors (Lipinski definition) is 1. The van der Waals surface area contributed by atoms with Crippen LogP contribution < -0.4 is 0 Å². The van der Waals surface area contributed by atoms with Gasteiger partial charge < -0.3 is 5.11 Å². The summed E-state index contributed by atoms with van der Waals surface area (Å²) in [6.45, 7) is 3.33. The first-order valence-corrected chi connectivity index (χ1v) is 8.77. The molecule has 0 aliphatic carbocycles. The zero-order valence-corrected chi connectivity index (χ0v) is 14.2. The molecule has 0 bridgehead atoms. The Labute approximate surface area is 129 Å². The summed E-state index contributed by atoms with van der Waals surface area (Å²) in [5.74, 6) is -1.04. The Kier molecular flexibility index (Phi) is 5.81. The van der Waals surface area contributed by atoms with Crippen LogP contribution in [0.3, 0.4) is 0 Å². The minimum Gasteiger partial charge on any atom is -0.481 e. The van der Waals surface area contributed by atoms with Crippen molar-refractivity contribution in [2.75, 3.05) is 6.54 Å². The first-order valence-electron chi connectivity index (χ1n) is 5.34. The molecule has 0 aliphatic rings. The lowest BCUT2D eigenvalue weighted by Gasteiger charge is -2.24. The van der Waals surface area contributed by atoms with E-state index in [2.05, 4.69) is 15.9 Å². The molecule has 0 aromatic carbocycles. The molecular formula is C10H13BrClNO4S2. The maximum Gasteiger partial charge on any atom is 0.304 e. The topological polar surface area (TPSA) is 74.7 Å². The maximum atomic E-state index is 12.4. The SMILES string of the molecule is CC(C)N(CCC(=O)O)S(=O)(=O)c1cc(Cl)c(Br)s1. The summed E-state index contributed by atoms with van der Waals surface area (Å²) in [6, 6.07) is 1.03. The van der Waals surface area contributed by atoms with Crippen LogP contribution in [0.2, 0.25) is 5.02 Å². The number of carboxylic acid groups (broad SMARTS) is 1. The fourth-order valence-electron chi connectivity index (χ4n) is 1.43. The summed E-state index contributed by atoms with van der Waals surface area (Å²) in [4.78, 5) is 10.6. The Balaban J connectivity index is 3.09. The molecule has 19 heavy (non-hydrogen) atoms. The average molecular weight is 391 g/mol. The van der Waals surface area contributed by atoms with E-state index in [1.807, 2.05) is 0 Å². The number of hydrogen-bond acceptors (Lipinski definition) is 4. The number of carboxylic acids is 1. The molecule has 5 nitrogen and oxygen atoms in total. The molecule has 108 valence electrons. The third-order valence-corrected chi connectivity index (χ3v) is 7.31. The van der Waals surface area contributed by atoms with E-state index in [9.17, 15) is 13.2 Å². The Morgan fingerprint density at radius 2 is 2.16 bits per heavy atom. The normalized spacial score (nSPS) is 12.3. The number of thiophene rings is 1. The Morgan fingerprint density at radius 3 is 2.53 bits per heavy atom. The molecule has 0 saturated carbocycles. The fraction of sp³-hybridized carbons (Fsp3) is 0.500. The second-order valence-electron chi connectivity index (χ2n) is 4.04. The van der Waals surface area contributed by atoms with Crippen LogP contribution in [0.1, 0.15) is 20.3 Å². The van der Waals surface area contributed by atoms with Crippen molar-refractivity contribution >= 4 is 54.9 Å². The molecule has 1 aromatic rings. The van der Waals surface area contributed by atoms with E-state index in [4.69, 9.17) is 16.7 Å². The summed E-state index contributed by atoms with van der Waals surface area (Å²) in [6.07, 6.45) is -0.238. The predicted molar refractivity (Wildman–Crippen MR) is 78.3 cm³/mol. The van der Waals surface area contributed by atoms with Crippen LogP contribution in [0.15, 0.2) is 14.1 Å². The molecule has 1 heterocycles. The summed E-state index contributed by atoms with van der Waals surface area (Å²) in [7, 11) is -3.72. The van der Waals surface area contributed by atoms with Gasteiger partial charge in [-0.1, -0.05) is 11.6 Å². The van der Waals surface area contributed by atoms with Gasteiger partial charge in [-0.25, -0.2) is 8.42 Å². The Hall–Kier alpha value is -0.150. The van der Waals surface area contributed by atoms with Crippen molar-refractivity contribution in [1.29, 1.82) is 0 Å². The molecule has 0 spiro atoms. The van der Waals surface area contributed by atoms with E-state index in [0.29, 0.717) is 8.81 Å². The van der Waals surface area contributed by atoms with Crippen LogP contribution in [-0.2, 0) is 14.8 Å².